The van der Waals surface area contributed by atoms with Crippen LogP contribution in [0.25, 0.3) is 0 Å². The van der Waals surface area contributed by atoms with Crippen LogP contribution in [-0.4, -0.2) is 48.8 Å². The molecule has 1 saturated carbocycles. The van der Waals surface area contributed by atoms with Crippen LogP contribution < -0.4 is 16.0 Å². The quantitative estimate of drug-likeness (QED) is 0.682. The molecule has 10 heteroatoms. The molecule has 4 rings (SSSR count). The van der Waals surface area contributed by atoms with Crippen LogP contribution in [0.1, 0.15) is 57.1 Å². The number of nitrogens with two attached hydrogens (primary N) is 1. The molecule has 1 aromatic rings. The molecule has 188 valence electrons. The molecule has 0 bridgehead atoms. The zero-order chi connectivity index (χ0) is 24.7. The minimum absolute atomic E-state index is 0.00833. The maximum atomic E-state index is 13.9. The summed E-state index contributed by atoms with van der Waals surface area (Å²) in [7, 11) is 0. The van der Waals surface area contributed by atoms with Crippen LogP contribution in [0.3, 0.4) is 0 Å². The number of nitrogens with one attached hydrogen (secondary N) is 1. The Labute approximate surface area is 197 Å². The van der Waals surface area contributed by atoms with Crippen molar-refractivity contribution in [1.29, 1.82) is 0 Å². The predicted octanol–water partition coefficient (Wildman–Crippen LogP) is 3.85. The normalized spacial score (nSPS) is 26.1. The summed E-state index contributed by atoms with van der Waals surface area (Å²) in [4.78, 5) is 28.8. The summed E-state index contributed by atoms with van der Waals surface area (Å²) in [5.41, 5.74) is 4.66. The molecule has 0 aromatic heterocycles. The number of rotatable bonds is 4. The summed E-state index contributed by atoms with van der Waals surface area (Å²) in [6.45, 7) is 5.43. The Bertz CT molecular complexity index is 933. The molecule has 7 nitrogen and oxygen atoms in total. The average Bonchev–Trinajstić information content (AvgIpc) is 3.22. The van der Waals surface area contributed by atoms with Crippen LogP contribution in [0.2, 0.25) is 0 Å². The van der Waals surface area contributed by atoms with Crippen molar-refractivity contribution in [3.8, 4) is 0 Å². The number of carbonyl (C=O) groups is 2. The maximum Gasteiger partial charge on any atom is 0.416 e. The van der Waals surface area contributed by atoms with Gasteiger partial charge in [0.25, 0.3) is 0 Å². The first kappa shape index (κ1) is 24.8. The van der Waals surface area contributed by atoms with E-state index in [0.29, 0.717) is 24.6 Å². The molecule has 1 aromatic carbocycles. The fourth-order valence-electron chi connectivity index (χ4n) is 5.67. The van der Waals surface area contributed by atoms with E-state index in [1.165, 1.54) is 15.9 Å². The Morgan fingerprint density at radius 3 is 2.50 bits per heavy atom. The smallest absolute Gasteiger partial charge is 0.381 e. The van der Waals surface area contributed by atoms with E-state index in [2.05, 4.69) is 5.32 Å². The van der Waals surface area contributed by atoms with Gasteiger partial charge in [-0.2, -0.15) is 13.2 Å². The molecule has 3 aliphatic rings. The van der Waals surface area contributed by atoms with Gasteiger partial charge in [0.15, 0.2) is 0 Å². The lowest BCUT2D eigenvalue weighted by atomic mass is 9.74. The fraction of sp³-hybridized carbons (Fsp3) is 0.667. The zero-order valence-corrected chi connectivity index (χ0v) is 19.7. The van der Waals surface area contributed by atoms with E-state index in [-0.39, 0.29) is 36.6 Å². The number of anilines is 1. The van der Waals surface area contributed by atoms with Crippen molar-refractivity contribution in [2.75, 3.05) is 24.8 Å². The van der Waals surface area contributed by atoms with Crippen LogP contribution in [0.4, 0.5) is 23.7 Å². The van der Waals surface area contributed by atoms with Gasteiger partial charge in [-0.25, -0.2) is 4.79 Å². The van der Waals surface area contributed by atoms with Gasteiger partial charge in [0.2, 0.25) is 5.91 Å². The topological polar surface area (TPSA) is 87.9 Å². The molecule has 2 heterocycles. The van der Waals surface area contributed by atoms with E-state index in [1.54, 1.807) is 0 Å². The highest BCUT2D eigenvalue weighted by atomic mass is 19.4. The van der Waals surface area contributed by atoms with Crippen molar-refractivity contribution in [2.45, 2.75) is 70.8 Å². The summed E-state index contributed by atoms with van der Waals surface area (Å²) in [5.74, 6) is -0.0977. The average molecular weight is 483 g/mol. The third kappa shape index (κ3) is 4.75. The predicted molar refractivity (Wildman–Crippen MR) is 121 cm³/mol. The third-order valence-corrected chi connectivity index (χ3v) is 7.70. The number of fused-ring (bicyclic) bond motifs is 1. The number of urea groups is 1. The SMILES string of the molecule is CC(C)[C@]1(C(=O)N2Cc3cc(C(F)(F)F)ccc3N(C(N)=O)C2)CC[C@@H](NC2CCOCC2)C1. The van der Waals surface area contributed by atoms with Crippen LogP contribution in [0, 0.1) is 11.3 Å². The number of alkyl halides is 3. The minimum Gasteiger partial charge on any atom is -0.381 e. The third-order valence-electron chi connectivity index (χ3n) is 7.70. The second-order valence-corrected chi connectivity index (χ2v) is 10.1. The summed E-state index contributed by atoms with van der Waals surface area (Å²) >= 11 is 0. The van der Waals surface area contributed by atoms with Crippen molar-refractivity contribution in [3.05, 3.63) is 29.3 Å². The maximum absolute atomic E-state index is 13.9. The molecule has 34 heavy (non-hydrogen) atoms. The molecule has 0 unspecified atom stereocenters. The van der Waals surface area contributed by atoms with E-state index in [9.17, 15) is 22.8 Å². The molecule has 1 aliphatic carbocycles. The van der Waals surface area contributed by atoms with Gasteiger partial charge < -0.3 is 20.7 Å². The molecule has 1 saturated heterocycles. The van der Waals surface area contributed by atoms with Gasteiger partial charge in [-0.3, -0.25) is 9.69 Å². The molecule has 3 N–H and O–H groups in total. The van der Waals surface area contributed by atoms with Crippen molar-refractivity contribution in [3.63, 3.8) is 0 Å². The number of nitrogens with zero attached hydrogens (tertiary/aromatic N) is 2. The number of carbonyl (C=O) groups excluding carboxylic acids is 2. The first-order valence-corrected chi connectivity index (χ1v) is 11.9. The van der Waals surface area contributed by atoms with Crippen LogP contribution in [-0.2, 0) is 22.3 Å². The van der Waals surface area contributed by atoms with Crippen LogP contribution in [0.15, 0.2) is 18.2 Å². The molecule has 0 radical (unpaired) electrons. The van der Waals surface area contributed by atoms with Gasteiger partial charge in [-0.05, 0) is 61.8 Å². The van der Waals surface area contributed by atoms with Crippen molar-refractivity contribution in [2.24, 2.45) is 17.1 Å². The fourth-order valence-corrected chi connectivity index (χ4v) is 5.67. The second kappa shape index (κ2) is 9.37. The molecule has 2 atom stereocenters. The van der Waals surface area contributed by atoms with Crippen LogP contribution in [0.5, 0.6) is 0 Å². The Balaban J connectivity index is 1.57. The van der Waals surface area contributed by atoms with Crippen molar-refractivity contribution < 1.29 is 27.5 Å². The van der Waals surface area contributed by atoms with Crippen molar-refractivity contribution >= 4 is 17.6 Å². The lowest BCUT2D eigenvalue weighted by Crippen LogP contribution is -2.54. The molecule has 0 spiro atoms. The lowest BCUT2D eigenvalue weighted by molar-refractivity contribution is -0.145. The largest absolute Gasteiger partial charge is 0.416 e. The zero-order valence-electron chi connectivity index (χ0n) is 19.7. The van der Waals surface area contributed by atoms with E-state index in [0.717, 1.165) is 44.6 Å². The Morgan fingerprint density at radius 2 is 1.88 bits per heavy atom. The summed E-state index contributed by atoms with van der Waals surface area (Å²) in [5, 5.41) is 3.69. The monoisotopic (exact) mass is 482 g/mol. The number of amides is 3. The number of hydrogen-bond donors (Lipinski definition) is 2. The Kier molecular flexibility index (Phi) is 6.83. The number of ether oxygens (including phenoxy) is 1. The van der Waals surface area contributed by atoms with Gasteiger partial charge in [0, 0.05) is 31.8 Å². The van der Waals surface area contributed by atoms with E-state index in [4.69, 9.17) is 10.5 Å². The minimum atomic E-state index is -4.52. The molecular formula is C24H33F3N4O3. The summed E-state index contributed by atoms with van der Waals surface area (Å²) in [6, 6.07) is 2.96. The summed E-state index contributed by atoms with van der Waals surface area (Å²) in [6.07, 6.45) is -0.444. The molecule has 3 amide bonds. The highest BCUT2D eigenvalue weighted by molar-refractivity contribution is 5.94. The lowest BCUT2D eigenvalue weighted by Gasteiger charge is -2.42. The summed E-state index contributed by atoms with van der Waals surface area (Å²) < 4.78 is 45.4. The van der Waals surface area contributed by atoms with E-state index < -0.39 is 23.2 Å². The van der Waals surface area contributed by atoms with E-state index in [1.807, 2.05) is 13.8 Å². The first-order valence-electron chi connectivity index (χ1n) is 11.9. The van der Waals surface area contributed by atoms with Gasteiger partial charge in [-0.15, -0.1) is 0 Å². The molecule has 2 fully saturated rings. The number of halogens is 3. The Morgan fingerprint density at radius 1 is 1.18 bits per heavy atom. The first-order chi connectivity index (χ1) is 16.0. The van der Waals surface area contributed by atoms with E-state index >= 15 is 0 Å². The highest BCUT2D eigenvalue weighted by Gasteiger charge is 2.50. The molecular weight excluding hydrogens is 449 g/mol. The number of primary amides is 1. The van der Waals surface area contributed by atoms with Crippen molar-refractivity contribution in [1.82, 2.24) is 10.2 Å². The van der Waals surface area contributed by atoms with Gasteiger partial charge in [0.1, 0.15) is 6.67 Å². The number of benzene rings is 1. The van der Waals surface area contributed by atoms with Gasteiger partial charge >= 0.3 is 12.2 Å². The molecule has 2 aliphatic heterocycles. The Hall–Kier alpha value is -2.33. The van der Waals surface area contributed by atoms with Gasteiger partial charge in [-0.1, -0.05) is 13.8 Å². The van der Waals surface area contributed by atoms with Crippen LogP contribution >= 0.6 is 0 Å². The second-order valence-electron chi connectivity index (χ2n) is 10.1. The highest BCUT2D eigenvalue weighted by Crippen LogP contribution is 2.47. The van der Waals surface area contributed by atoms with Gasteiger partial charge in [0.05, 0.1) is 16.7 Å². The standard InChI is InChI=1S/C24H33F3N4O3/c1-15(2)23(8-5-19(12-23)29-18-6-9-34-10-7-18)21(32)30-13-16-11-17(24(25,26)27)3-4-20(16)31(14-30)22(28)33/h3-4,11,15,18-19,29H,5-10,12-14H2,1-2H3,(H2,28,33)/t19-,23+/m1/s1. The number of hydrogen-bond acceptors (Lipinski definition) is 4.